The van der Waals surface area contributed by atoms with Crippen LogP contribution in [0.4, 0.5) is 0 Å². The van der Waals surface area contributed by atoms with E-state index in [1.165, 1.54) is 0 Å². The molecule has 126 valence electrons. The highest BCUT2D eigenvalue weighted by Crippen LogP contribution is 2.28. The Morgan fingerprint density at radius 3 is 2.29 bits per heavy atom. The van der Waals surface area contributed by atoms with E-state index in [4.69, 9.17) is 4.74 Å². The molecule has 1 saturated heterocycles. The third-order valence-electron chi connectivity index (χ3n) is 4.48. The maximum Gasteiger partial charge on any atom is 0.193 e. The number of hydrogen-bond acceptors (Lipinski definition) is 4. The molecule has 0 aromatic heterocycles. The van der Waals surface area contributed by atoms with E-state index in [-0.39, 0.29) is 11.8 Å². The first-order valence-corrected chi connectivity index (χ1v) is 8.32. The lowest BCUT2D eigenvalue weighted by atomic mass is 9.93. The number of hydrogen-bond donors (Lipinski definition) is 1. The smallest absolute Gasteiger partial charge is 0.193 e. The van der Waals surface area contributed by atoms with Gasteiger partial charge in [0.2, 0.25) is 0 Å². The van der Waals surface area contributed by atoms with E-state index in [9.17, 15) is 9.90 Å². The molecule has 0 saturated carbocycles. The molecule has 1 heterocycles. The SMILES string of the molecule is Cc1ccc(C(C(O)C(=O)c2ccccc2)N2CCOCC2)cc1. The van der Waals surface area contributed by atoms with E-state index >= 15 is 0 Å². The van der Waals surface area contributed by atoms with Crippen LogP contribution in [0.1, 0.15) is 27.5 Å². The van der Waals surface area contributed by atoms with Gasteiger partial charge in [-0.3, -0.25) is 9.69 Å². The zero-order valence-electron chi connectivity index (χ0n) is 13.9. The van der Waals surface area contributed by atoms with Crippen LogP contribution < -0.4 is 0 Å². The number of aryl methyl sites for hydroxylation is 1. The van der Waals surface area contributed by atoms with Gasteiger partial charge >= 0.3 is 0 Å². The lowest BCUT2D eigenvalue weighted by molar-refractivity contribution is -0.0172. The number of morpholine rings is 1. The first-order chi connectivity index (χ1) is 11.7. The summed E-state index contributed by atoms with van der Waals surface area (Å²) in [5.74, 6) is -0.243. The molecule has 1 aliphatic rings. The second-order valence-electron chi connectivity index (χ2n) is 6.18. The predicted octanol–water partition coefficient (Wildman–Crippen LogP) is 2.61. The Bertz CT molecular complexity index is 663. The fraction of sp³-hybridized carbons (Fsp3) is 0.350. The van der Waals surface area contributed by atoms with Crippen molar-refractivity contribution < 1.29 is 14.6 Å². The Morgan fingerprint density at radius 2 is 1.67 bits per heavy atom. The largest absolute Gasteiger partial charge is 0.383 e. The minimum atomic E-state index is -1.10. The first kappa shape index (κ1) is 16.8. The van der Waals surface area contributed by atoms with Crippen LogP contribution in [0.15, 0.2) is 54.6 Å². The van der Waals surface area contributed by atoms with Crippen molar-refractivity contribution in [2.24, 2.45) is 0 Å². The molecule has 24 heavy (non-hydrogen) atoms. The summed E-state index contributed by atoms with van der Waals surface area (Å²) in [6.07, 6.45) is -1.10. The van der Waals surface area contributed by atoms with Crippen LogP contribution in [-0.2, 0) is 4.74 Å². The fourth-order valence-corrected chi connectivity index (χ4v) is 3.13. The summed E-state index contributed by atoms with van der Waals surface area (Å²) in [5.41, 5.74) is 2.65. The lowest BCUT2D eigenvalue weighted by Gasteiger charge is -2.37. The number of aliphatic hydroxyl groups is 1. The minimum Gasteiger partial charge on any atom is -0.383 e. The molecule has 2 atom stereocenters. The van der Waals surface area contributed by atoms with Crippen LogP contribution in [0.25, 0.3) is 0 Å². The maximum atomic E-state index is 12.8. The summed E-state index contributed by atoms with van der Waals surface area (Å²) in [6, 6.07) is 16.7. The summed E-state index contributed by atoms with van der Waals surface area (Å²) < 4.78 is 5.42. The molecule has 2 aromatic rings. The molecule has 0 spiro atoms. The van der Waals surface area contributed by atoms with Gasteiger partial charge < -0.3 is 9.84 Å². The zero-order chi connectivity index (χ0) is 16.9. The number of carbonyl (C=O) groups is 1. The lowest BCUT2D eigenvalue weighted by Crippen LogP contribution is -2.46. The Hall–Kier alpha value is -2.01. The molecular weight excluding hydrogens is 302 g/mol. The highest BCUT2D eigenvalue weighted by atomic mass is 16.5. The minimum absolute atomic E-state index is 0.243. The summed E-state index contributed by atoms with van der Waals surface area (Å²) >= 11 is 0. The van der Waals surface area contributed by atoms with Crippen molar-refractivity contribution >= 4 is 5.78 Å². The quantitative estimate of drug-likeness (QED) is 0.859. The number of benzene rings is 2. The van der Waals surface area contributed by atoms with Crippen LogP contribution in [0.2, 0.25) is 0 Å². The summed E-state index contributed by atoms with van der Waals surface area (Å²) in [5, 5.41) is 10.9. The highest BCUT2D eigenvalue weighted by Gasteiger charge is 2.33. The summed E-state index contributed by atoms with van der Waals surface area (Å²) in [4.78, 5) is 14.9. The molecule has 0 aliphatic carbocycles. The maximum absolute atomic E-state index is 12.8. The molecule has 0 radical (unpaired) electrons. The van der Waals surface area contributed by atoms with Gasteiger partial charge in [-0.25, -0.2) is 0 Å². The molecule has 2 unspecified atom stereocenters. The molecule has 4 nitrogen and oxygen atoms in total. The van der Waals surface area contributed by atoms with Crippen LogP contribution in [0.3, 0.4) is 0 Å². The number of ether oxygens (including phenoxy) is 1. The van der Waals surface area contributed by atoms with Crippen LogP contribution in [0, 0.1) is 6.92 Å². The van der Waals surface area contributed by atoms with E-state index in [1.807, 2.05) is 49.4 Å². The topological polar surface area (TPSA) is 49.8 Å². The van der Waals surface area contributed by atoms with Gasteiger partial charge in [-0.15, -0.1) is 0 Å². The average Bonchev–Trinajstić information content (AvgIpc) is 2.64. The Kier molecular flexibility index (Phi) is 5.41. The Morgan fingerprint density at radius 1 is 1.04 bits per heavy atom. The van der Waals surface area contributed by atoms with E-state index < -0.39 is 6.10 Å². The number of carbonyl (C=O) groups excluding carboxylic acids is 1. The van der Waals surface area contributed by atoms with Crippen molar-refractivity contribution in [2.45, 2.75) is 19.1 Å². The summed E-state index contributed by atoms with van der Waals surface area (Å²) in [7, 11) is 0. The number of nitrogens with zero attached hydrogens (tertiary/aromatic N) is 1. The van der Waals surface area contributed by atoms with Gasteiger partial charge in [-0.1, -0.05) is 60.2 Å². The van der Waals surface area contributed by atoms with E-state index in [1.54, 1.807) is 12.1 Å². The third kappa shape index (κ3) is 3.73. The third-order valence-corrected chi connectivity index (χ3v) is 4.48. The standard InChI is InChI=1S/C20H23NO3/c1-15-7-9-16(10-8-15)18(21-11-13-24-14-12-21)20(23)19(22)17-5-3-2-4-6-17/h2-10,18,20,23H,11-14H2,1H3. The van der Waals surface area contributed by atoms with Crippen LogP contribution >= 0.6 is 0 Å². The zero-order valence-corrected chi connectivity index (χ0v) is 13.9. The van der Waals surface area contributed by atoms with Gasteiger partial charge in [0.1, 0.15) is 6.10 Å². The van der Waals surface area contributed by atoms with Crippen molar-refractivity contribution in [1.29, 1.82) is 0 Å². The Balaban J connectivity index is 1.91. The number of rotatable bonds is 5. The number of aliphatic hydroxyl groups excluding tert-OH is 1. The predicted molar refractivity (Wildman–Crippen MR) is 93.1 cm³/mol. The first-order valence-electron chi connectivity index (χ1n) is 8.32. The number of Topliss-reactive ketones (excluding diaryl/α,β-unsaturated/α-hetero) is 1. The Labute approximate surface area is 142 Å². The van der Waals surface area contributed by atoms with E-state index in [2.05, 4.69) is 4.90 Å². The van der Waals surface area contributed by atoms with Gasteiger partial charge in [0, 0.05) is 18.7 Å². The molecule has 0 bridgehead atoms. The van der Waals surface area contributed by atoms with Crippen LogP contribution in [0.5, 0.6) is 0 Å². The van der Waals surface area contributed by atoms with Crippen molar-refractivity contribution in [2.75, 3.05) is 26.3 Å². The van der Waals surface area contributed by atoms with E-state index in [0.29, 0.717) is 31.9 Å². The van der Waals surface area contributed by atoms with Crippen LogP contribution in [-0.4, -0.2) is 48.2 Å². The highest BCUT2D eigenvalue weighted by molar-refractivity contribution is 5.99. The number of ketones is 1. The second-order valence-corrected chi connectivity index (χ2v) is 6.18. The van der Waals surface area contributed by atoms with Crippen molar-refractivity contribution in [3.8, 4) is 0 Å². The fourth-order valence-electron chi connectivity index (χ4n) is 3.13. The molecule has 1 aliphatic heterocycles. The van der Waals surface area contributed by atoms with E-state index in [0.717, 1.165) is 11.1 Å². The molecule has 0 amide bonds. The monoisotopic (exact) mass is 325 g/mol. The summed E-state index contributed by atoms with van der Waals surface area (Å²) in [6.45, 7) is 4.68. The van der Waals surface area contributed by atoms with Crippen molar-refractivity contribution in [3.05, 3.63) is 71.3 Å². The molecule has 2 aromatic carbocycles. The van der Waals surface area contributed by atoms with Gasteiger partial charge in [0.25, 0.3) is 0 Å². The molecule has 1 N–H and O–H groups in total. The molecule has 3 rings (SSSR count). The average molecular weight is 325 g/mol. The second kappa shape index (κ2) is 7.71. The van der Waals surface area contributed by atoms with Crippen molar-refractivity contribution in [3.63, 3.8) is 0 Å². The molecule has 1 fully saturated rings. The van der Waals surface area contributed by atoms with Gasteiger partial charge in [-0.05, 0) is 12.5 Å². The van der Waals surface area contributed by atoms with Gasteiger partial charge in [-0.2, -0.15) is 0 Å². The molecular formula is C20H23NO3. The van der Waals surface area contributed by atoms with Gasteiger partial charge in [0.05, 0.1) is 19.3 Å². The normalized spacial score (nSPS) is 18.1. The van der Waals surface area contributed by atoms with Gasteiger partial charge in [0.15, 0.2) is 5.78 Å². The molecule has 4 heteroatoms. The van der Waals surface area contributed by atoms with Crippen molar-refractivity contribution in [1.82, 2.24) is 4.90 Å².